The lowest BCUT2D eigenvalue weighted by Gasteiger charge is -2.34. The molecule has 3 saturated heterocycles. The van der Waals surface area contributed by atoms with E-state index in [9.17, 15) is 0 Å². The number of thiophene rings is 1. The van der Waals surface area contributed by atoms with Crippen molar-refractivity contribution in [2.24, 2.45) is 0 Å². The monoisotopic (exact) mass is 460 g/mol. The predicted octanol–water partition coefficient (Wildman–Crippen LogP) is 3.61. The fourth-order valence-corrected chi connectivity index (χ4v) is 6.86. The van der Waals surface area contributed by atoms with E-state index in [1.54, 1.807) is 0 Å². The van der Waals surface area contributed by atoms with Crippen LogP contribution in [0.25, 0.3) is 32.5 Å². The minimum absolute atomic E-state index is 0.667. The molecule has 8 heteroatoms. The van der Waals surface area contributed by atoms with Gasteiger partial charge in [-0.3, -0.25) is 4.90 Å². The summed E-state index contributed by atoms with van der Waals surface area (Å²) >= 11 is 1.88. The summed E-state index contributed by atoms with van der Waals surface area (Å²) < 4.78 is 6.84. The van der Waals surface area contributed by atoms with Crippen LogP contribution < -0.4 is 10.2 Å². The molecule has 2 N–H and O–H groups in total. The second-order valence-electron chi connectivity index (χ2n) is 9.36. The topological polar surface area (TPSA) is 69.3 Å². The zero-order valence-corrected chi connectivity index (χ0v) is 19.4. The van der Waals surface area contributed by atoms with Crippen LogP contribution in [0.3, 0.4) is 0 Å². The number of hydrogen-bond acceptors (Lipinski definition) is 7. The Morgan fingerprint density at radius 1 is 1.06 bits per heavy atom. The van der Waals surface area contributed by atoms with Gasteiger partial charge in [0.1, 0.15) is 0 Å². The number of nitrogens with one attached hydrogen (secondary N) is 2. The molecule has 0 saturated carbocycles. The molecular formula is C25H28N6OS. The molecule has 2 unspecified atom stereocenters. The maximum Gasteiger partial charge on any atom is 0.162 e. The maximum atomic E-state index is 5.63. The van der Waals surface area contributed by atoms with E-state index in [1.165, 1.54) is 22.4 Å². The van der Waals surface area contributed by atoms with Gasteiger partial charge in [0, 0.05) is 72.3 Å². The Balaban J connectivity index is 1.33. The number of nitrogens with zero attached hydrogens (tertiary/aromatic N) is 4. The van der Waals surface area contributed by atoms with Gasteiger partial charge < -0.3 is 19.9 Å². The number of anilines is 1. The molecule has 0 amide bonds. The number of ether oxygens (including phenoxy) is 1. The zero-order valence-electron chi connectivity index (χ0n) is 18.6. The Hall–Kier alpha value is -2.52. The number of H-pyrrole nitrogens is 1. The fourth-order valence-electron chi connectivity index (χ4n) is 5.74. The number of aromatic amines is 1. The molecule has 4 aromatic rings. The van der Waals surface area contributed by atoms with Gasteiger partial charge in [-0.25, -0.2) is 9.97 Å². The van der Waals surface area contributed by atoms with Crippen molar-refractivity contribution in [2.45, 2.75) is 31.5 Å². The van der Waals surface area contributed by atoms with E-state index >= 15 is 0 Å². The van der Waals surface area contributed by atoms with Crippen molar-refractivity contribution >= 4 is 38.3 Å². The third-order valence-corrected chi connectivity index (χ3v) is 8.53. The van der Waals surface area contributed by atoms with Crippen molar-refractivity contribution in [1.29, 1.82) is 0 Å². The fraction of sp³-hybridized carbons (Fsp3) is 0.440. The average Bonchev–Trinajstić information content (AvgIpc) is 3.54. The highest BCUT2D eigenvalue weighted by Gasteiger charge is 2.36. The molecule has 6 heterocycles. The molecule has 7 nitrogen and oxygen atoms in total. The molecule has 2 atom stereocenters. The Morgan fingerprint density at radius 2 is 1.91 bits per heavy atom. The van der Waals surface area contributed by atoms with Crippen LogP contribution in [0.2, 0.25) is 0 Å². The molecule has 2 bridgehead atoms. The SMILES string of the molecule is c1cc(-c2nc(N3CCOCC3)c3sc(CN4C5CCC4CNC5)cc3n2)c2cc[nH]c2c1. The van der Waals surface area contributed by atoms with Gasteiger partial charge in [0.2, 0.25) is 0 Å². The van der Waals surface area contributed by atoms with E-state index in [4.69, 9.17) is 14.7 Å². The molecule has 0 radical (unpaired) electrons. The van der Waals surface area contributed by atoms with Crippen LogP contribution in [-0.2, 0) is 11.3 Å². The van der Waals surface area contributed by atoms with E-state index in [-0.39, 0.29) is 0 Å². The van der Waals surface area contributed by atoms with Gasteiger partial charge in [0.05, 0.1) is 23.4 Å². The van der Waals surface area contributed by atoms with Gasteiger partial charge in [-0.2, -0.15) is 0 Å². The predicted molar refractivity (Wildman–Crippen MR) is 133 cm³/mol. The lowest BCUT2D eigenvalue weighted by molar-refractivity contribution is 0.122. The minimum atomic E-state index is 0.667. The Bertz CT molecular complexity index is 1290. The van der Waals surface area contributed by atoms with Crippen molar-refractivity contribution in [3.8, 4) is 11.4 Å². The van der Waals surface area contributed by atoms with Crippen LogP contribution in [0, 0.1) is 0 Å². The number of fused-ring (bicyclic) bond motifs is 4. The van der Waals surface area contributed by atoms with E-state index in [0.29, 0.717) is 12.1 Å². The largest absolute Gasteiger partial charge is 0.378 e. The first-order valence-electron chi connectivity index (χ1n) is 12.0. The van der Waals surface area contributed by atoms with Crippen LogP contribution in [0.5, 0.6) is 0 Å². The molecule has 3 aliphatic heterocycles. The number of rotatable bonds is 4. The van der Waals surface area contributed by atoms with Gasteiger partial charge in [0.15, 0.2) is 11.6 Å². The summed E-state index contributed by atoms with van der Waals surface area (Å²) in [5.41, 5.74) is 3.26. The van der Waals surface area contributed by atoms with Crippen LogP contribution in [-0.4, -0.2) is 71.3 Å². The second kappa shape index (κ2) is 8.06. The highest BCUT2D eigenvalue weighted by Crippen LogP contribution is 2.38. The quantitative estimate of drug-likeness (QED) is 0.485. The first kappa shape index (κ1) is 19.9. The maximum absolute atomic E-state index is 5.63. The molecule has 3 aromatic heterocycles. The number of benzene rings is 1. The third kappa shape index (κ3) is 3.44. The van der Waals surface area contributed by atoms with Crippen LogP contribution in [0.4, 0.5) is 5.82 Å². The molecular weight excluding hydrogens is 432 g/mol. The molecule has 0 aliphatic carbocycles. The van der Waals surface area contributed by atoms with Gasteiger partial charge in [-0.05, 0) is 31.0 Å². The Kier molecular flexibility index (Phi) is 4.86. The van der Waals surface area contributed by atoms with E-state index < -0.39 is 0 Å². The molecule has 3 fully saturated rings. The molecule has 170 valence electrons. The average molecular weight is 461 g/mol. The molecule has 0 spiro atoms. The van der Waals surface area contributed by atoms with Gasteiger partial charge >= 0.3 is 0 Å². The zero-order chi connectivity index (χ0) is 21.8. The van der Waals surface area contributed by atoms with Crippen LogP contribution in [0.1, 0.15) is 17.7 Å². The molecule has 1 aromatic carbocycles. The van der Waals surface area contributed by atoms with Gasteiger partial charge in [0.25, 0.3) is 0 Å². The molecule has 7 rings (SSSR count). The lowest BCUT2D eigenvalue weighted by Crippen LogP contribution is -2.51. The Labute approximate surface area is 196 Å². The van der Waals surface area contributed by atoms with Crippen LogP contribution in [0.15, 0.2) is 36.5 Å². The number of morpholine rings is 1. The minimum Gasteiger partial charge on any atom is -0.378 e. The summed E-state index contributed by atoms with van der Waals surface area (Å²) in [5, 5.41) is 4.76. The number of aromatic nitrogens is 3. The van der Waals surface area contributed by atoms with Gasteiger partial charge in [-0.1, -0.05) is 12.1 Å². The third-order valence-electron chi connectivity index (χ3n) is 7.42. The Morgan fingerprint density at radius 3 is 2.76 bits per heavy atom. The van der Waals surface area contributed by atoms with Crippen molar-refractivity contribution in [2.75, 3.05) is 44.3 Å². The summed E-state index contributed by atoms with van der Waals surface area (Å²) in [6, 6.07) is 12.1. The van der Waals surface area contributed by atoms with Gasteiger partial charge in [-0.15, -0.1) is 11.3 Å². The molecule has 33 heavy (non-hydrogen) atoms. The van der Waals surface area contributed by atoms with Crippen molar-refractivity contribution in [1.82, 2.24) is 25.2 Å². The summed E-state index contributed by atoms with van der Waals surface area (Å²) in [5.74, 6) is 1.87. The highest BCUT2D eigenvalue weighted by molar-refractivity contribution is 7.19. The van der Waals surface area contributed by atoms with Crippen molar-refractivity contribution < 1.29 is 4.74 Å². The van der Waals surface area contributed by atoms with E-state index in [1.807, 2.05) is 17.5 Å². The smallest absolute Gasteiger partial charge is 0.162 e. The van der Waals surface area contributed by atoms with E-state index in [2.05, 4.69) is 50.4 Å². The van der Waals surface area contributed by atoms with Crippen molar-refractivity contribution in [3.63, 3.8) is 0 Å². The first-order valence-corrected chi connectivity index (χ1v) is 12.8. The summed E-state index contributed by atoms with van der Waals surface area (Å²) in [7, 11) is 0. The molecule has 3 aliphatic rings. The second-order valence-corrected chi connectivity index (χ2v) is 10.5. The number of piperazine rings is 1. The standard InChI is InChI=1S/C25H28N6OS/c1-2-20(19-6-7-27-21(19)3-1)24-28-22-12-18(15-31-16-4-5-17(31)14-26-13-16)33-23(22)25(29-24)30-8-10-32-11-9-30/h1-3,6-7,12,16-17,26-27H,4-5,8-11,13-15H2. The normalized spacial score (nSPS) is 23.7. The summed E-state index contributed by atoms with van der Waals surface area (Å²) in [4.78, 5) is 20.1. The van der Waals surface area contributed by atoms with Crippen molar-refractivity contribution in [3.05, 3.63) is 41.4 Å². The number of hydrogen-bond donors (Lipinski definition) is 2. The highest BCUT2D eigenvalue weighted by atomic mass is 32.1. The summed E-state index contributed by atoms with van der Waals surface area (Å²) in [6.07, 6.45) is 4.61. The van der Waals surface area contributed by atoms with Crippen LogP contribution >= 0.6 is 11.3 Å². The lowest BCUT2D eigenvalue weighted by atomic mass is 10.1. The van der Waals surface area contributed by atoms with E-state index in [0.717, 1.165) is 79.6 Å². The first-order chi connectivity index (χ1) is 16.3. The summed E-state index contributed by atoms with van der Waals surface area (Å²) in [6.45, 7) is 6.48.